The fourth-order valence-corrected chi connectivity index (χ4v) is 0.642. The highest BCUT2D eigenvalue weighted by atomic mass is 15.1. The molecule has 0 saturated heterocycles. The zero-order chi connectivity index (χ0) is 8.36. The van der Waals surface area contributed by atoms with Crippen LogP contribution in [0.3, 0.4) is 0 Å². The van der Waals surface area contributed by atoms with Crippen LogP contribution in [0.15, 0.2) is 12.2 Å². The maximum atomic E-state index is 3.87. The van der Waals surface area contributed by atoms with E-state index in [9.17, 15) is 0 Å². The van der Waals surface area contributed by atoms with Crippen molar-refractivity contribution in [3.05, 3.63) is 12.2 Å². The predicted molar refractivity (Wildman–Crippen MR) is 47.2 cm³/mol. The molecular weight excluding hydrogens is 122 g/mol. The van der Waals surface area contributed by atoms with Crippen molar-refractivity contribution in [2.45, 2.75) is 33.2 Å². The van der Waals surface area contributed by atoms with Gasteiger partial charge in [0.15, 0.2) is 0 Å². The van der Waals surface area contributed by atoms with Crippen molar-refractivity contribution in [1.82, 2.24) is 4.90 Å². The van der Waals surface area contributed by atoms with E-state index in [1.165, 1.54) is 5.57 Å². The maximum Gasteiger partial charge on any atom is 0.0189 e. The molecule has 0 unspecified atom stereocenters. The summed E-state index contributed by atoms with van der Waals surface area (Å²) in [6, 6.07) is 0. The summed E-state index contributed by atoms with van der Waals surface area (Å²) in [4.78, 5) is 2.29. The summed E-state index contributed by atoms with van der Waals surface area (Å²) in [5.41, 5.74) is 1.48. The monoisotopic (exact) mass is 141 g/mol. The highest BCUT2D eigenvalue weighted by Crippen LogP contribution is 2.11. The van der Waals surface area contributed by atoms with E-state index in [0.29, 0.717) is 0 Å². The Labute approximate surface area is 64.7 Å². The second-order valence-electron chi connectivity index (χ2n) is 3.98. The van der Waals surface area contributed by atoms with Crippen LogP contribution in [0.4, 0.5) is 0 Å². The first kappa shape index (κ1) is 9.70. The fourth-order valence-electron chi connectivity index (χ4n) is 0.642. The summed E-state index contributed by atoms with van der Waals surface area (Å²) < 4.78 is 0. The van der Waals surface area contributed by atoms with Crippen molar-refractivity contribution in [2.24, 2.45) is 0 Å². The molecule has 0 aromatic carbocycles. The van der Waals surface area contributed by atoms with E-state index in [2.05, 4.69) is 46.2 Å². The number of rotatable bonds is 2. The van der Waals surface area contributed by atoms with Crippen LogP contribution in [-0.4, -0.2) is 24.0 Å². The van der Waals surface area contributed by atoms with Gasteiger partial charge in [-0.15, -0.1) is 0 Å². The lowest BCUT2D eigenvalue weighted by Crippen LogP contribution is -2.38. The van der Waals surface area contributed by atoms with Crippen molar-refractivity contribution < 1.29 is 0 Å². The molecule has 0 bridgehead atoms. The Morgan fingerprint density at radius 3 is 1.90 bits per heavy atom. The molecule has 0 aliphatic heterocycles. The highest BCUT2D eigenvalue weighted by Gasteiger charge is 2.15. The first-order chi connectivity index (χ1) is 4.34. The lowest BCUT2D eigenvalue weighted by atomic mass is 10.1. The lowest BCUT2D eigenvalue weighted by Gasteiger charge is -2.31. The van der Waals surface area contributed by atoms with Crippen molar-refractivity contribution in [1.29, 1.82) is 0 Å². The molecule has 1 heteroatoms. The molecule has 0 heterocycles. The minimum Gasteiger partial charge on any atom is -0.298 e. The number of nitrogens with zero attached hydrogens (tertiary/aromatic N) is 1. The zero-order valence-electron chi connectivity index (χ0n) is 7.86. The van der Waals surface area contributed by atoms with Crippen LogP contribution in [0.25, 0.3) is 0 Å². The summed E-state index contributed by atoms with van der Waals surface area (Å²) in [6.07, 6.45) is 0. The van der Waals surface area contributed by atoms with Crippen molar-refractivity contribution >= 4 is 0 Å². The van der Waals surface area contributed by atoms with Gasteiger partial charge in [0, 0.05) is 12.1 Å². The molecule has 10 heavy (non-hydrogen) atoms. The van der Waals surface area contributed by atoms with Crippen LogP contribution in [0.5, 0.6) is 0 Å². The van der Waals surface area contributed by atoms with E-state index in [-0.39, 0.29) is 5.54 Å². The molecule has 0 rings (SSSR count). The first-order valence-corrected chi connectivity index (χ1v) is 3.69. The predicted octanol–water partition coefficient (Wildman–Crippen LogP) is 2.29. The smallest absolute Gasteiger partial charge is 0.0189 e. The van der Waals surface area contributed by atoms with Crippen LogP contribution in [0.2, 0.25) is 0 Å². The van der Waals surface area contributed by atoms with Gasteiger partial charge in [-0.2, -0.15) is 0 Å². The fraction of sp³-hybridized carbons (Fsp3) is 0.778. The van der Waals surface area contributed by atoms with E-state index in [0.717, 1.165) is 6.54 Å². The van der Waals surface area contributed by atoms with Crippen molar-refractivity contribution in [3.63, 3.8) is 0 Å². The van der Waals surface area contributed by atoms with Crippen LogP contribution in [-0.2, 0) is 0 Å². The third-order valence-corrected chi connectivity index (χ3v) is 1.65. The van der Waals surface area contributed by atoms with Gasteiger partial charge in [0.25, 0.3) is 0 Å². The molecule has 1 nitrogen and oxygen atoms in total. The van der Waals surface area contributed by atoms with Gasteiger partial charge in [0.1, 0.15) is 0 Å². The van der Waals surface area contributed by atoms with Gasteiger partial charge in [-0.25, -0.2) is 0 Å². The Morgan fingerprint density at radius 1 is 1.40 bits per heavy atom. The molecular formula is C9H19N. The van der Waals surface area contributed by atoms with Gasteiger partial charge in [-0.1, -0.05) is 12.2 Å². The second kappa shape index (κ2) is 3.20. The molecule has 0 N–H and O–H groups in total. The minimum absolute atomic E-state index is 0.263. The molecule has 0 amide bonds. The molecule has 0 radical (unpaired) electrons. The Kier molecular flexibility index (Phi) is 3.10. The van der Waals surface area contributed by atoms with Crippen LogP contribution >= 0.6 is 0 Å². The first-order valence-electron chi connectivity index (χ1n) is 3.69. The van der Waals surface area contributed by atoms with Gasteiger partial charge in [0.05, 0.1) is 0 Å². The number of hydrogen-bond acceptors (Lipinski definition) is 1. The van der Waals surface area contributed by atoms with Crippen LogP contribution < -0.4 is 0 Å². The van der Waals surface area contributed by atoms with E-state index in [4.69, 9.17) is 0 Å². The molecule has 0 fully saturated rings. The normalized spacial score (nSPS) is 12.2. The van der Waals surface area contributed by atoms with Crippen molar-refractivity contribution in [3.8, 4) is 0 Å². The zero-order valence-corrected chi connectivity index (χ0v) is 7.86. The molecule has 0 aliphatic carbocycles. The summed E-state index contributed by atoms with van der Waals surface area (Å²) in [5, 5.41) is 0. The third kappa shape index (κ3) is 3.67. The Morgan fingerprint density at radius 2 is 1.80 bits per heavy atom. The maximum absolute atomic E-state index is 3.87. The van der Waals surface area contributed by atoms with Gasteiger partial charge in [0.2, 0.25) is 0 Å². The van der Waals surface area contributed by atoms with E-state index in [1.807, 2.05) is 0 Å². The molecule has 0 spiro atoms. The Balaban J connectivity index is 3.85. The second-order valence-corrected chi connectivity index (χ2v) is 3.98. The molecule has 0 aliphatic rings. The number of likely N-dealkylation sites (N-methyl/N-ethyl adjacent to an activating group) is 1. The average molecular weight is 141 g/mol. The summed E-state index contributed by atoms with van der Waals surface area (Å²) in [5.74, 6) is 0. The molecule has 60 valence electrons. The number of hydrogen-bond donors (Lipinski definition) is 0. The van der Waals surface area contributed by atoms with Crippen LogP contribution in [0, 0.1) is 0 Å². The van der Waals surface area contributed by atoms with Crippen LogP contribution in [0.1, 0.15) is 27.7 Å². The topological polar surface area (TPSA) is 3.24 Å². The summed E-state index contributed by atoms with van der Waals surface area (Å²) in [6.45, 7) is 13.5. The minimum atomic E-state index is 0.263. The molecule has 0 saturated carbocycles. The van der Waals surface area contributed by atoms with E-state index >= 15 is 0 Å². The Hall–Kier alpha value is -0.300. The third-order valence-electron chi connectivity index (χ3n) is 1.65. The van der Waals surface area contributed by atoms with E-state index < -0.39 is 0 Å². The molecule has 0 aromatic heterocycles. The molecule has 0 atom stereocenters. The van der Waals surface area contributed by atoms with Gasteiger partial charge in [-0.3, -0.25) is 4.90 Å². The molecule has 0 aromatic rings. The summed E-state index contributed by atoms with van der Waals surface area (Å²) in [7, 11) is 2.12. The van der Waals surface area contributed by atoms with Crippen molar-refractivity contribution in [2.75, 3.05) is 13.6 Å². The Bertz CT molecular complexity index is 119. The van der Waals surface area contributed by atoms with Gasteiger partial charge < -0.3 is 0 Å². The quantitative estimate of drug-likeness (QED) is 0.533. The summed E-state index contributed by atoms with van der Waals surface area (Å²) >= 11 is 0. The highest BCUT2D eigenvalue weighted by molar-refractivity contribution is 4.93. The standard InChI is InChI=1S/C9H19N/c1-8(2)7-10(6)9(3,4)5/h1,7H2,2-6H3. The lowest BCUT2D eigenvalue weighted by molar-refractivity contribution is 0.191. The van der Waals surface area contributed by atoms with Gasteiger partial charge >= 0.3 is 0 Å². The largest absolute Gasteiger partial charge is 0.298 e. The van der Waals surface area contributed by atoms with E-state index in [1.54, 1.807) is 0 Å². The van der Waals surface area contributed by atoms with Gasteiger partial charge in [-0.05, 0) is 34.7 Å². The average Bonchev–Trinajstić information content (AvgIpc) is 1.60. The SMILES string of the molecule is C=C(C)CN(C)C(C)(C)C.